The van der Waals surface area contributed by atoms with Crippen LogP contribution in [0.2, 0.25) is 0 Å². The lowest BCUT2D eigenvalue weighted by molar-refractivity contribution is 0.351. The Hall–Kier alpha value is -2.91. The van der Waals surface area contributed by atoms with Crippen LogP contribution in [0.4, 0.5) is 4.39 Å². The van der Waals surface area contributed by atoms with Crippen LogP contribution in [0, 0.1) is 17.1 Å². The number of hydrogen-bond donors (Lipinski definition) is 0. The van der Waals surface area contributed by atoms with Crippen LogP contribution in [0.15, 0.2) is 70.0 Å². The molecule has 6 heteroatoms. The minimum Gasteiger partial charge on any atom is -0.488 e. The molecular weight excluding hydrogens is 329 g/mol. The fraction of sp³-hybridized carbons (Fsp3) is 0.0556. The summed E-state index contributed by atoms with van der Waals surface area (Å²) in [5, 5.41) is 9.26. The molecule has 0 amide bonds. The SMILES string of the molecule is N#CC(=CC1=Cc2ccccc2OC1)S(=O)(=O)c1ccc(F)cc1. The average molecular weight is 341 g/mol. The highest BCUT2D eigenvalue weighted by Crippen LogP contribution is 2.28. The zero-order valence-electron chi connectivity index (χ0n) is 12.4. The Morgan fingerprint density at radius 3 is 2.58 bits per heavy atom. The molecule has 3 rings (SSSR count). The number of benzene rings is 2. The minimum absolute atomic E-state index is 0.130. The van der Waals surface area contributed by atoms with E-state index in [9.17, 15) is 18.1 Å². The van der Waals surface area contributed by atoms with Gasteiger partial charge in [-0.3, -0.25) is 0 Å². The summed E-state index contributed by atoms with van der Waals surface area (Å²) < 4.78 is 43.5. The quantitative estimate of drug-likeness (QED) is 0.633. The van der Waals surface area contributed by atoms with Crippen molar-refractivity contribution in [1.82, 2.24) is 0 Å². The van der Waals surface area contributed by atoms with Gasteiger partial charge < -0.3 is 4.74 Å². The van der Waals surface area contributed by atoms with Crippen LogP contribution in [-0.4, -0.2) is 15.0 Å². The number of ether oxygens (including phenoxy) is 1. The predicted octanol–water partition coefficient (Wildman–Crippen LogP) is 3.48. The number of para-hydroxylation sites is 1. The molecule has 0 saturated carbocycles. The van der Waals surface area contributed by atoms with Gasteiger partial charge >= 0.3 is 0 Å². The summed E-state index contributed by atoms with van der Waals surface area (Å²) in [5.74, 6) is 0.158. The largest absolute Gasteiger partial charge is 0.488 e. The lowest BCUT2D eigenvalue weighted by Gasteiger charge is -2.16. The Labute approximate surface area is 139 Å². The van der Waals surface area contributed by atoms with Gasteiger partial charge in [0.05, 0.1) is 4.90 Å². The van der Waals surface area contributed by atoms with E-state index in [1.54, 1.807) is 12.1 Å². The van der Waals surface area contributed by atoms with Crippen molar-refractivity contribution < 1.29 is 17.5 Å². The monoisotopic (exact) mass is 341 g/mol. The Morgan fingerprint density at radius 2 is 1.88 bits per heavy atom. The van der Waals surface area contributed by atoms with Gasteiger partial charge in [-0.25, -0.2) is 12.8 Å². The van der Waals surface area contributed by atoms with Gasteiger partial charge in [0, 0.05) is 5.56 Å². The van der Waals surface area contributed by atoms with Gasteiger partial charge in [-0.05, 0) is 48.1 Å². The first kappa shape index (κ1) is 16.0. The summed E-state index contributed by atoms with van der Waals surface area (Å²) in [6.45, 7) is 0.168. The van der Waals surface area contributed by atoms with Gasteiger partial charge in [-0.2, -0.15) is 5.26 Å². The number of halogens is 1. The van der Waals surface area contributed by atoms with E-state index in [2.05, 4.69) is 0 Å². The summed E-state index contributed by atoms with van der Waals surface area (Å²) in [4.78, 5) is -0.544. The van der Waals surface area contributed by atoms with Gasteiger partial charge in [-0.15, -0.1) is 0 Å². The molecule has 0 unspecified atom stereocenters. The molecule has 0 N–H and O–H groups in total. The average Bonchev–Trinajstić information content (AvgIpc) is 2.59. The number of nitriles is 1. The molecule has 0 fully saturated rings. The molecule has 120 valence electrons. The predicted molar refractivity (Wildman–Crippen MR) is 87.2 cm³/mol. The van der Waals surface area contributed by atoms with Gasteiger partial charge in [0.1, 0.15) is 29.1 Å². The molecule has 1 aliphatic heterocycles. The number of hydrogen-bond acceptors (Lipinski definition) is 4. The molecule has 0 atom stereocenters. The maximum Gasteiger partial charge on any atom is 0.216 e. The Bertz CT molecular complexity index is 984. The summed E-state index contributed by atoms with van der Waals surface area (Å²) in [6, 6.07) is 13.4. The van der Waals surface area contributed by atoms with E-state index >= 15 is 0 Å². The number of allylic oxidation sites excluding steroid dienone is 1. The molecule has 0 aromatic heterocycles. The van der Waals surface area contributed by atoms with Gasteiger partial charge in [0.15, 0.2) is 0 Å². The number of sulfone groups is 1. The number of nitrogens with zero attached hydrogens (tertiary/aromatic N) is 1. The Balaban J connectivity index is 2.00. The molecule has 0 spiro atoms. The molecule has 24 heavy (non-hydrogen) atoms. The molecular formula is C18H12FNO3S. The highest BCUT2D eigenvalue weighted by molar-refractivity contribution is 7.95. The van der Waals surface area contributed by atoms with Crippen LogP contribution in [0.1, 0.15) is 5.56 Å². The van der Waals surface area contributed by atoms with Gasteiger partial charge in [0.25, 0.3) is 0 Å². The fourth-order valence-corrected chi connectivity index (χ4v) is 3.47. The molecule has 2 aromatic carbocycles. The molecule has 1 heterocycles. The third kappa shape index (κ3) is 3.07. The Kier molecular flexibility index (Phi) is 4.19. The Morgan fingerprint density at radius 1 is 1.17 bits per heavy atom. The van der Waals surface area contributed by atoms with Crippen LogP contribution in [0.5, 0.6) is 5.75 Å². The second-order valence-electron chi connectivity index (χ2n) is 5.12. The topological polar surface area (TPSA) is 67.2 Å². The van der Waals surface area contributed by atoms with Crippen molar-refractivity contribution in [3.8, 4) is 11.8 Å². The minimum atomic E-state index is -4.01. The molecule has 0 radical (unpaired) electrons. The molecule has 1 aliphatic rings. The number of rotatable bonds is 3. The first-order valence-corrected chi connectivity index (χ1v) is 8.54. The first-order chi connectivity index (χ1) is 11.5. The van der Waals surface area contributed by atoms with Crippen LogP contribution in [0.25, 0.3) is 6.08 Å². The highest BCUT2D eigenvalue weighted by Gasteiger charge is 2.22. The van der Waals surface area contributed by atoms with Crippen LogP contribution >= 0.6 is 0 Å². The second kappa shape index (κ2) is 6.30. The molecule has 4 nitrogen and oxygen atoms in total. The van der Waals surface area contributed by atoms with Crippen LogP contribution in [0.3, 0.4) is 0 Å². The molecule has 0 saturated heterocycles. The summed E-state index contributed by atoms with van der Waals surface area (Å²) in [5.41, 5.74) is 1.38. The smallest absolute Gasteiger partial charge is 0.216 e. The maximum absolute atomic E-state index is 13.0. The van der Waals surface area contributed by atoms with Gasteiger partial charge in [-0.1, -0.05) is 18.2 Å². The van der Waals surface area contributed by atoms with Crippen molar-refractivity contribution in [2.45, 2.75) is 4.90 Å². The number of fused-ring (bicyclic) bond motifs is 1. The summed E-state index contributed by atoms with van der Waals surface area (Å²) >= 11 is 0. The first-order valence-electron chi connectivity index (χ1n) is 7.05. The van der Waals surface area contributed by atoms with Crippen molar-refractivity contribution >= 4 is 15.9 Å². The maximum atomic E-state index is 13.0. The van der Waals surface area contributed by atoms with Crippen molar-refractivity contribution in [3.63, 3.8) is 0 Å². The van der Waals surface area contributed by atoms with Crippen LogP contribution in [-0.2, 0) is 9.84 Å². The van der Waals surface area contributed by atoms with E-state index in [0.717, 1.165) is 29.8 Å². The zero-order valence-corrected chi connectivity index (χ0v) is 13.3. The molecule has 0 aliphatic carbocycles. The third-order valence-corrected chi connectivity index (χ3v) is 5.18. The van der Waals surface area contributed by atoms with E-state index in [1.807, 2.05) is 24.3 Å². The second-order valence-corrected chi connectivity index (χ2v) is 7.04. The van der Waals surface area contributed by atoms with E-state index in [0.29, 0.717) is 11.3 Å². The fourth-order valence-electron chi connectivity index (χ4n) is 2.30. The third-order valence-electron chi connectivity index (χ3n) is 3.49. The van der Waals surface area contributed by atoms with Crippen molar-refractivity contribution in [2.75, 3.05) is 6.61 Å². The lowest BCUT2D eigenvalue weighted by atomic mass is 10.1. The lowest BCUT2D eigenvalue weighted by Crippen LogP contribution is -2.09. The standard InChI is InChI=1S/C18H12FNO3S/c19-15-5-7-16(8-6-15)24(21,22)17(11-20)10-13-9-14-3-1-2-4-18(14)23-12-13/h1-10H,12H2. The normalized spacial score (nSPS) is 14.2. The van der Waals surface area contributed by atoms with Crippen molar-refractivity contribution in [1.29, 1.82) is 5.26 Å². The molecule has 0 bridgehead atoms. The summed E-state index contributed by atoms with van der Waals surface area (Å²) in [7, 11) is -4.01. The van der Waals surface area contributed by atoms with Crippen LogP contribution < -0.4 is 4.74 Å². The van der Waals surface area contributed by atoms with E-state index in [1.165, 1.54) is 6.08 Å². The van der Waals surface area contributed by atoms with Gasteiger partial charge in [0.2, 0.25) is 9.84 Å². The van der Waals surface area contributed by atoms with Crippen molar-refractivity contribution in [3.05, 3.63) is 76.5 Å². The van der Waals surface area contributed by atoms with E-state index in [-0.39, 0.29) is 11.5 Å². The highest BCUT2D eigenvalue weighted by atomic mass is 32.2. The molecule has 2 aromatic rings. The zero-order chi connectivity index (χ0) is 17.2. The van der Waals surface area contributed by atoms with E-state index < -0.39 is 20.6 Å². The van der Waals surface area contributed by atoms with E-state index in [4.69, 9.17) is 4.74 Å². The summed E-state index contributed by atoms with van der Waals surface area (Å²) in [6.07, 6.45) is 3.06. The van der Waals surface area contributed by atoms with Crippen molar-refractivity contribution in [2.24, 2.45) is 0 Å².